The van der Waals surface area contributed by atoms with Crippen LogP contribution in [0.3, 0.4) is 0 Å². The summed E-state index contributed by atoms with van der Waals surface area (Å²) in [7, 11) is -3.83. The van der Waals surface area contributed by atoms with Crippen molar-refractivity contribution in [2.75, 3.05) is 19.8 Å². The van der Waals surface area contributed by atoms with Crippen molar-refractivity contribution in [3.63, 3.8) is 0 Å². The highest BCUT2D eigenvalue weighted by atomic mass is 32.2. The van der Waals surface area contributed by atoms with Crippen LogP contribution in [0.4, 0.5) is 0 Å². The summed E-state index contributed by atoms with van der Waals surface area (Å²) in [6.45, 7) is 6.10. The van der Waals surface area contributed by atoms with Gasteiger partial charge in [0.1, 0.15) is 5.75 Å². The Hall–Kier alpha value is -2.53. The van der Waals surface area contributed by atoms with Crippen molar-refractivity contribution in [3.05, 3.63) is 52.8 Å². The third kappa shape index (κ3) is 6.04. The van der Waals surface area contributed by atoms with Crippen LogP contribution in [0.5, 0.6) is 5.75 Å². The number of carbonyl (C=O) groups is 1. The number of amides is 1. The molecule has 3 aromatic rings. The average Bonchev–Trinajstić information content (AvgIpc) is 3.10. The van der Waals surface area contributed by atoms with Crippen molar-refractivity contribution in [3.8, 4) is 5.75 Å². The second kappa shape index (κ2) is 10.9. The van der Waals surface area contributed by atoms with Gasteiger partial charge >= 0.3 is 0 Å². The van der Waals surface area contributed by atoms with Crippen molar-refractivity contribution in [1.82, 2.24) is 4.57 Å². The number of benzene rings is 2. The van der Waals surface area contributed by atoms with E-state index in [4.69, 9.17) is 14.6 Å². The Bertz CT molecular complexity index is 1240. The van der Waals surface area contributed by atoms with Crippen LogP contribution >= 0.6 is 11.3 Å². The molecule has 2 aromatic carbocycles. The zero-order valence-corrected chi connectivity index (χ0v) is 19.7. The Balaban J connectivity index is 1.95. The fourth-order valence-corrected chi connectivity index (χ4v) is 4.72. The average molecular weight is 478 g/mol. The molecule has 0 spiro atoms. The highest BCUT2D eigenvalue weighted by Crippen LogP contribution is 2.21. The molecule has 0 aliphatic rings. The van der Waals surface area contributed by atoms with Gasteiger partial charge in [0.25, 0.3) is 5.91 Å². The lowest BCUT2D eigenvalue weighted by Gasteiger charge is -2.06. The van der Waals surface area contributed by atoms with E-state index in [-0.39, 0.29) is 4.90 Å². The van der Waals surface area contributed by atoms with Gasteiger partial charge in [-0.3, -0.25) is 4.79 Å². The lowest BCUT2D eigenvalue weighted by Crippen LogP contribution is -2.19. The topological polar surface area (TPSA) is 113 Å². The molecule has 0 unspecified atom stereocenters. The number of unbranched alkanes of at least 4 members (excludes halogenated alkanes) is 1. The van der Waals surface area contributed by atoms with Crippen molar-refractivity contribution in [1.29, 1.82) is 0 Å². The van der Waals surface area contributed by atoms with Gasteiger partial charge in [-0.1, -0.05) is 24.7 Å². The zero-order valence-electron chi connectivity index (χ0n) is 18.1. The number of primary sulfonamides is 1. The van der Waals surface area contributed by atoms with Gasteiger partial charge in [0.2, 0.25) is 10.0 Å². The van der Waals surface area contributed by atoms with E-state index in [0.29, 0.717) is 47.2 Å². The summed E-state index contributed by atoms with van der Waals surface area (Å²) in [6.07, 6.45) is 2.02. The van der Waals surface area contributed by atoms with Gasteiger partial charge in [0.05, 0.1) is 28.3 Å². The molecule has 3 rings (SSSR count). The number of rotatable bonds is 10. The first-order valence-electron chi connectivity index (χ1n) is 10.4. The molecular weight excluding hydrogens is 450 g/mol. The lowest BCUT2D eigenvalue weighted by atomic mass is 10.2. The van der Waals surface area contributed by atoms with Crippen molar-refractivity contribution < 1.29 is 22.7 Å². The monoisotopic (exact) mass is 477 g/mol. The van der Waals surface area contributed by atoms with Gasteiger partial charge in [-0.15, -0.1) is 0 Å². The maximum absolute atomic E-state index is 12.8. The summed E-state index contributed by atoms with van der Waals surface area (Å²) in [6, 6.07) is 11.5. The number of carbonyl (C=O) groups excluding carboxylic acids is 1. The Morgan fingerprint density at radius 2 is 1.88 bits per heavy atom. The molecule has 0 saturated carbocycles. The second-order valence-corrected chi connectivity index (χ2v) is 9.62. The molecule has 8 nitrogen and oxygen atoms in total. The molecule has 0 atom stereocenters. The molecule has 0 aliphatic heterocycles. The van der Waals surface area contributed by atoms with Crippen LogP contribution in [0.1, 0.15) is 37.0 Å². The number of thiazole rings is 1. The van der Waals surface area contributed by atoms with Crippen molar-refractivity contribution >= 4 is 37.5 Å². The fourth-order valence-electron chi connectivity index (χ4n) is 3.01. The highest BCUT2D eigenvalue weighted by molar-refractivity contribution is 7.89. The quantitative estimate of drug-likeness (QED) is 0.450. The molecule has 2 N–H and O–H groups in total. The summed E-state index contributed by atoms with van der Waals surface area (Å²) in [5.41, 5.74) is 1.19. The van der Waals surface area contributed by atoms with E-state index in [1.54, 1.807) is 30.3 Å². The van der Waals surface area contributed by atoms with Crippen LogP contribution < -0.4 is 14.7 Å². The van der Waals surface area contributed by atoms with Gasteiger partial charge < -0.3 is 14.0 Å². The minimum absolute atomic E-state index is 0.0137. The minimum atomic E-state index is -3.83. The smallest absolute Gasteiger partial charge is 0.279 e. The van der Waals surface area contributed by atoms with Crippen LogP contribution in [-0.2, 0) is 21.3 Å². The summed E-state index contributed by atoms with van der Waals surface area (Å²) < 4.78 is 37.1. The van der Waals surface area contributed by atoms with E-state index in [2.05, 4.69) is 11.9 Å². The summed E-state index contributed by atoms with van der Waals surface area (Å²) in [5.74, 6) is 0.313. The fraction of sp³-hybridized carbons (Fsp3) is 0.364. The molecule has 0 aliphatic carbocycles. The number of sulfonamides is 1. The lowest BCUT2D eigenvalue weighted by molar-refractivity contribution is 0.0996. The first-order valence-corrected chi connectivity index (χ1v) is 12.8. The minimum Gasteiger partial charge on any atom is -0.494 e. The first-order chi connectivity index (χ1) is 15.3. The predicted molar refractivity (Wildman–Crippen MR) is 124 cm³/mol. The van der Waals surface area contributed by atoms with E-state index < -0.39 is 15.9 Å². The van der Waals surface area contributed by atoms with Crippen molar-refractivity contribution in [2.24, 2.45) is 10.1 Å². The third-order valence-electron chi connectivity index (χ3n) is 4.71. The maximum Gasteiger partial charge on any atom is 0.279 e. The maximum atomic E-state index is 12.8. The third-order valence-corrected chi connectivity index (χ3v) is 6.66. The number of aromatic nitrogens is 1. The van der Waals surface area contributed by atoms with Gasteiger partial charge in [-0.25, -0.2) is 13.6 Å². The number of hydrogen-bond donors (Lipinski definition) is 1. The highest BCUT2D eigenvalue weighted by Gasteiger charge is 2.14. The normalized spacial score (nSPS) is 12.4. The molecule has 10 heteroatoms. The second-order valence-electron chi connectivity index (χ2n) is 7.05. The largest absolute Gasteiger partial charge is 0.494 e. The van der Waals surface area contributed by atoms with E-state index in [9.17, 15) is 13.2 Å². The van der Waals surface area contributed by atoms with Crippen LogP contribution in [0.15, 0.2) is 52.4 Å². The SMILES string of the molecule is CCCCOc1ccc(C(=O)N=c2sc3cc(S(N)(=O)=O)ccc3n2CCOCC)cc1. The molecule has 0 radical (unpaired) electrons. The Morgan fingerprint density at radius 1 is 1.12 bits per heavy atom. The van der Waals surface area contributed by atoms with Gasteiger partial charge in [-0.2, -0.15) is 4.99 Å². The summed E-state index contributed by atoms with van der Waals surface area (Å²) >= 11 is 1.23. The van der Waals surface area contributed by atoms with E-state index in [1.807, 2.05) is 11.5 Å². The Morgan fingerprint density at radius 3 is 2.53 bits per heavy atom. The number of nitrogens with two attached hydrogens (primary N) is 1. The molecule has 32 heavy (non-hydrogen) atoms. The van der Waals surface area contributed by atoms with Crippen LogP contribution in [0, 0.1) is 0 Å². The van der Waals surface area contributed by atoms with Gasteiger partial charge in [0, 0.05) is 18.7 Å². The molecule has 1 aromatic heterocycles. The molecule has 0 saturated heterocycles. The number of ether oxygens (including phenoxy) is 2. The Kier molecular flexibility index (Phi) is 8.19. The summed E-state index contributed by atoms with van der Waals surface area (Å²) in [4.78, 5) is 17.6. The molecule has 0 fully saturated rings. The standard InChI is InChI=1S/C22H27N3O5S2/c1-3-5-13-30-17-8-6-16(7-9-17)21(26)24-22-25(12-14-29-4-2)19-11-10-18(32(23,27)28)15-20(19)31-22/h6-11,15H,3-5,12-14H2,1-2H3,(H2,23,27,28). The number of fused-ring (bicyclic) bond motifs is 1. The Labute approximate surface area is 191 Å². The van der Waals surface area contributed by atoms with Gasteiger partial charge in [-0.05, 0) is 55.8 Å². The predicted octanol–water partition coefficient (Wildman–Crippen LogP) is 3.31. The molecular formula is C22H27N3O5S2. The van der Waals surface area contributed by atoms with E-state index in [0.717, 1.165) is 18.4 Å². The molecule has 1 amide bonds. The summed E-state index contributed by atoms with van der Waals surface area (Å²) in [5, 5.41) is 5.26. The van der Waals surface area contributed by atoms with Crippen LogP contribution in [0.25, 0.3) is 10.2 Å². The number of hydrogen-bond acceptors (Lipinski definition) is 6. The molecule has 172 valence electrons. The van der Waals surface area contributed by atoms with E-state index >= 15 is 0 Å². The van der Waals surface area contributed by atoms with Gasteiger partial charge in [0.15, 0.2) is 4.80 Å². The number of nitrogens with zero attached hydrogens (tertiary/aromatic N) is 2. The molecule has 0 bridgehead atoms. The van der Waals surface area contributed by atoms with Crippen molar-refractivity contribution in [2.45, 2.75) is 38.1 Å². The molecule has 1 heterocycles. The van der Waals surface area contributed by atoms with Crippen LogP contribution in [-0.4, -0.2) is 38.7 Å². The first kappa shape index (κ1) is 24.1. The van der Waals surface area contributed by atoms with E-state index in [1.165, 1.54) is 23.5 Å². The zero-order chi connectivity index (χ0) is 23.1. The van der Waals surface area contributed by atoms with Crippen LogP contribution in [0.2, 0.25) is 0 Å².